The molecule has 0 aromatic heterocycles. The van der Waals surface area contributed by atoms with Crippen molar-refractivity contribution in [1.29, 1.82) is 0 Å². The summed E-state index contributed by atoms with van der Waals surface area (Å²) < 4.78 is 11.4. The number of carbonyl (C=O) groups excluding carboxylic acids is 2. The third-order valence-corrected chi connectivity index (χ3v) is 6.58. The Hall–Kier alpha value is -4.00. The molecule has 174 valence electrons. The van der Waals surface area contributed by atoms with Gasteiger partial charge < -0.3 is 25.0 Å². The number of allylic oxidation sites excluding steroid dienone is 1. The van der Waals surface area contributed by atoms with Gasteiger partial charge in [-0.15, -0.1) is 0 Å². The minimum Gasteiger partial charge on any atom is -0.496 e. The molecule has 3 aromatic rings. The minimum absolute atomic E-state index is 0.102. The molecule has 1 fully saturated rings. The van der Waals surface area contributed by atoms with Crippen molar-refractivity contribution >= 4 is 28.3 Å². The first kappa shape index (κ1) is 21.8. The van der Waals surface area contributed by atoms with Gasteiger partial charge in [0.15, 0.2) is 0 Å². The maximum absolute atomic E-state index is 13.0. The lowest BCUT2D eigenvalue weighted by atomic mass is 10.0. The Morgan fingerprint density at radius 2 is 1.88 bits per heavy atom. The van der Waals surface area contributed by atoms with Gasteiger partial charge in [-0.05, 0) is 42.7 Å². The molecular formula is C27H27N3O4. The van der Waals surface area contributed by atoms with Gasteiger partial charge >= 0.3 is 0 Å². The number of nitrogens with one attached hydrogen (secondary N) is 2. The van der Waals surface area contributed by atoms with Crippen LogP contribution >= 0.6 is 0 Å². The normalized spacial score (nSPS) is 17.5. The Morgan fingerprint density at radius 1 is 1.09 bits per heavy atom. The third-order valence-electron chi connectivity index (χ3n) is 6.58. The van der Waals surface area contributed by atoms with Gasteiger partial charge in [0, 0.05) is 46.4 Å². The quantitative estimate of drug-likeness (QED) is 0.580. The zero-order valence-electron chi connectivity index (χ0n) is 19.3. The number of ether oxygens (including phenoxy) is 2. The van der Waals surface area contributed by atoms with Gasteiger partial charge in [-0.25, -0.2) is 0 Å². The molecule has 5 rings (SSSR count). The second-order valence-corrected chi connectivity index (χ2v) is 8.62. The van der Waals surface area contributed by atoms with Crippen molar-refractivity contribution in [2.75, 3.05) is 19.5 Å². The van der Waals surface area contributed by atoms with Gasteiger partial charge in [-0.1, -0.05) is 30.8 Å². The molecule has 0 spiro atoms. The van der Waals surface area contributed by atoms with Gasteiger partial charge in [-0.2, -0.15) is 0 Å². The topological polar surface area (TPSA) is 79.9 Å². The van der Waals surface area contributed by atoms with Crippen molar-refractivity contribution in [3.8, 4) is 11.5 Å². The van der Waals surface area contributed by atoms with E-state index in [2.05, 4.69) is 17.2 Å². The van der Waals surface area contributed by atoms with Crippen molar-refractivity contribution < 1.29 is 19.1 Å². The van der Waals surface area contributed by atoms with Crippen LogP contribution in [-0.4, -0.2) is 37.0 Å². The van der Waals surface area contributed by atoms with Gasteiger partial charge in [-0.3, -0.25) is 9.59 Å². The van der Waals surface area contributed by atoms with Crippen LogP contribution in [0.2, 0.25) is 0 Å². The van der Waals surface area contributed by atoms with Crippen molar-refractivity contribution in [2.45, 2.75) is 32.0 Å². The number of methoxy groups -OCH3 is 2. The maximum atomic E-state index is 13.0. The molecule has 0 bridgehead atoms. The molecular weight excluding hydrogens is 430 g/mol. The van der Waals surface area contributed by atoms with Crippen LogP contribution in [0.3, 0.4) is 0 Å². The number of benzene rings is 3. The monoisotopic (exact) mass is 457 g/mol. The Bertz CT molecular complexity index is 1320. The zero-order valence-corrected chi connectivity index (χ0v) is 19.3. The van der Waals surface area contributed by atoms with Crippen LogP contribution in [0.25, 0.3) is 10.8 Å². The predicted octanol–water partition coefficient (Wildman–Crippen LogP) is 4.22. The van der Waals surface area contributed by atoms with Crippen molar-refractivity contribution in [2.24, 2.45) is 0 Å². The number of rotatable bonds is 6. The van der Waals surface area contributed by atoms with Gasteiger partial charge in [0.2, 0.25) is 5.91 Å². The van der Waals surface area contributed by atoms with Gasteiger partial charge in [0.05, 0.1) is 14.2 Å². The number of amides is 2. The average molecular weight is 458 g/mol. The summed E-state index contributed by atoms with van der Waals surface area (Å²) in [5.41, 5.74) is 4.13. The number of nitrogens with zero attached hydrogens (tertiary/aromatic N) is 1. The summed E-state index contributed by atoms with van der Waals surface area (Å²) in [6, 6.07) is 15.2. The molecule has 2 aliphatic rings. The predicted molar refractivity (Wildman–Crippen MR) is 131 cm³/mol. The highest BCUT2D eigenvalue weighted by Gasteiger charge is 2.38. The number of fused-ring (bicyclic) bond motifs is 2. The standard InChI is InChI=1S/C27H27N3O4/c1-16-8-11-23(26(31)29-16)30-15-18-12-19(9-10-20(18)27(30)32)28-14-17-13-24(33-2)21-6-4-5-7-22(21)25(17)34-3/h4-7,9-10,12-13,23,28H,1,8,11,14-15H2,2-3H3,(H,29,31). The van der Waals surface area contributed by atoms with Crippen LogP contribution in [0.1, 0.15) is 34.3 Å². The number of hydrogen-bond acceptors (Lipinski definition) is 5. The summed E-state index contributed by atoms with van der Waals surface area (Å²) in [6.07, 6.45) is 1.28. The molecule has 7 nitrogen and oxygen atoms in total. The van der Waals surface area contributed by atoms with E-state index in [4.69, 9.17) is 9.47 Å². The highest BCUT2D eigenvalue weighted by atomic mass is 16.5. The Morgan fingerprint density at radius 3 is 2.62 bits per heavy atom. The lowest BCUT2D eigenvalue weighted by Crippen LogP contribution is -2.49. The number of piperidine rings is 1. The van der Waals surface area contributed by atoms with E-state index < -0.39 is 6.04 Å². The van der Waals surface area contributed by atoms with Crippen LogP contribution in [-0.2, 0) is 17.9 Å². The van der Waals surface area contributed by atoms with Crippen LogP contribution in [0.5, 0.6) is 11.5 Å². The highest BCUT2D eigenvalue weighted by Crippen LogP contribution is 2.37. The zero-order chi connectivity index (χ0) is 23.8. The molecule has 2 heterocycles. The average Bonchev–Trinajstić information content (AvgIpc) is 3.17. The van der Waals surface area contributed by atoms with E-state index in [0.717, 1.165) is 39.1 Å². The van der Waals surface area contributed by atoms with E-state index in [9.17, 15) is 9.59 Å². The molecule has 1 unspecified atom stereocenters. The molecule has 2 N–H and O–H groups in total. The summed E-state index contributed by atoms with van der Waals surface area (Å²) in [6.45, 7) is 4.76. The molecule has 3 aromatic carbocycles. The van der Waals surface area contributed by atoms with E-state index >= 15 is 0 Å². The summed E-state index contributed by atoms with van der Waals surface area (Å²) in [4.78, 5) is 27.0. The lowest BCUT2D eigenvalue weighted by molar-refractivity contribution is -0.126. The fraction of sp³-hybridized carbons (Fsp3) is 0.259. The molecule has 1 saturated heterocycles. The molecule has 0 radical (unpaired) electrons. The van der Waals surface area contributed by atoms with Crippen molar-refractivity contribution in [1.82, 2.24) is 10.2 Å². The Kier molecular flexibility index (Phi) is 5.61. The van der Waals surface area contributed by atoms with E-state index in [1.54, 1.807) is 19.1 Å². The molecule has 34 heavy (non-hydrogen) atoms. The van der Waals surface area contributed by atoms with Crippen molar-refractivity contribution in [3.05, 3.63) is 77.5 Å². The Labute approximate surface area is 198 Å². The first-order valence-corrected chi connectivity index (χ1v) is 11.3. The van der Waals surface area contributed by atoms with E-state index in [1.807, 2.05) is 48.5 Å². The van der Waals surface area contributed by atoms with Crippen LogP contribution in [0.15, 0.2) is 60.8 Å². The fourth-order valence-electron chi connectivity index (χ4n) is 4.87. The fourth-order valence-corrected chi connectivity index (χ4v) is 4.87. The number of carbonyl (C=O) groups is 2. The van der Waals surface area contributed by atoms with Crippen LogP contribution < -0.4 is 20.1 Å². The smallest absolute Gasteiger partial charge is 0.255 e. The molecule has 2 amide bonds. The van der Waals surface area contributed by atoms with Crippen LogP contribution in [0, 0.1) is 0 Å². The second-order valence-electron chi connectivity index (χ2n) is 8.62. The summed E-state index contributed by atoms with van der Waals surface area (Å²) >= 11 is 0. The third kappa shape index (κ3) is 3.73. The summed E-state index contributed by atoms with van der Waals surface area (Å²) in [5, 5.41) is 8.21. The van der Waals surface area contributed by atoms with Crippen molar-refractivity contribution in [3.63, 3.8) is 0 Å². The first-order chi connectivity index (χ1) is 16.5. The molecule has 7 heteroatoms. The number of hydrogen-bond donors (Lipinski definition) is 2. The van der Waals surface area contributed by atoms with E-state index in [0.29, 0.717) is 37.2 Å². The largest absolute Gasteiger partial charge is 0.496 e. The minimum atomic E-state index is -0.462. The lowest BCUT2D eigenvalue weighted by Gasteiger charge is -2.30. The summed E-state index contributed by atoms with van der Waals surface area (Å²) in [5.74, 6) is 1.33. The molecule has 1 atom stereocenters. The van der Waals surface area contributed by atoms with Crippen LogP contribution in [0.4, 0.5) is 5.69 Å². The van der Waals surface area contributed by atoms with Gasteiger partial charge in [0.25, 0.3) is 5.91 Å². The van der Waals surface area contributed by atoms with Gasteiger partial charge in [0.1, 0.15) is 17.5 Å². The molecule has 0 saturated carbocycles. The molecule has 2 aliphatic heterocycles. The number of anilines is 1. The highest BCUT2D eigenvalue weighted by molar-refractivity contribution is 6.02. The second kappa shape index (κ2) is 8.74. The summed E-state index contributed by atoms with van der Waals surface area (Å²) in [7, 11) is 3.33. The van der Waals surface area contributed by atoms with E-state index in [-0.39, 0.29) is 11.8 Å². The van der Waals surface area contributed by atoms with E-state index in [1.165, 1.54) is 0 Å². The first-order valence-electron chi connectivity index (χ1n) is 11.3. The SMILES string of the molecule is C=C1CCC(N2Cc3cc(NCc4cc(OC)c5ccccc5c4OC)ccc3C2=O)C(=O)N1. The Balaban J connectivity index is 1.37. The molecule has 0 aliphatic carbocycles. The maximum Gasteiger partial charge on any atom is 0.255 e.